The van der Waals surface area contributed by atoms with Gasteiger partial charge in [0.15, 0.2) is 17.5 Å². The fraction of sp³-hybridized carbons (Fsp3) is 0. The van der Waals surface area contributed by atoms with Crippen molar-refractivity contribution in [2.24, 2.45) is 0 Å². The second-order valence-corrected chi connectivity index (χ2v) is 14.0. The van der Waals surface area contributed by atoms with Gasteiger partial charge in [0.2, 0.25) is 0 Å². The predicted octanol–water partition coefficient (Wildman–Crippen LogP) is 13.1. The molecule has 2 aromatic heterocycles. The predicted molar refractivity (Wildman–Crippen MR) is 228 cm³/mol. The zero-order valence-corrected chi connectivity index (χ0v) is 29.8. The van der Waals surface area contributed by atoms with Gasteiger partial charge >= 0.3 is 0 Å². The zero-order chi connectivity index (χ0) is 36.3. The molecule has 0 aliphatic heterocycles. The molecule has 4 nitrogen and oxygen atoms in total. The third kappa shape index (κ3) is 5.11. The Balaban J connectivity index is 1.17. The van der Waals surface area contributed by atoms with E-state index in [0.717, 1.165) is 33.3 Å². The molecule has 0 saturated carbocycles. The molecular weight excluding hydrogens is 669 g/mol. The smallest absolute Gasteiger partial charge is 0.164 e. The van der Waals surface area contributed by atoms with E-state index in [9.17, 15) is 0 Å². The highest BCUT2D eigenvalue weighted by Gasteiger charge is 2.20. The minimum atomic E-state index is 0.638. The van der Waals surface area contributed by atoms with Crippen LogP contribution in [0.5, 0.6) is 0 Å². The number of aromatic nitrogens is 4. The fourth-order valence-corrected chi connectivity index (χ4v) is 8.27. The molecule has 0 aliphatic carbocycles. The lowest BCUT2D eigenvalue weighted by molar-refractivity contribution is 1.07. The molecule has 0 spiro atoms. The number of fused-ring (bicyclic) bond motifs is 10. The second-order valence-electron chi connectivity index (χ2n) is 14.0. The Bertz CT molecular complexity index is 3220. The van der Waals surface area contributed by atoms with Crippen molar-refractivity contribution in [3.63, 3.8) is 0 Å². The number of nitrogens with zero attached hydrogens (tertiary/aromatic N) is 4. The number of hydrogen-bond acceptors (Lipinski definition) is 3. The first-order valence-corrected chi connectivity index (χ1v) is 18.6. The average molecular weight is 701 g/mol. The third-order valence-corrected chi connectivity index (χ3v) is 10.8. The van der Waals surface area contributed by atoms with Crippen LogP contribution >= 0.6 is 0 Å². The molecule has 0 atom stereocenters. The summed E-state index contributed by atoms with van der Waals surface area (Å²) in [6.07, 6.45) is 0. The van der Waals surface area contributed by atoms with Crippen molar-refractivity contribution in [2.45, 2.75) is 0 Å². The number of hydrogen-bond donors (Lipinski definition) is 0. The van der Waals surface area contributed by atoms with Gasteiger partial charge in [-0.25, -0.2) is 15.0 Å². The van der Waals surface area contributed by atoms with Gasteiger partial charge in [0.25, 0.3) is 0 Å². The Hall–Kier alpha value is -7.43. The van der Waals surface area contributed by atoms with Crippen LogP contribution in [0, 0.1) is 0 Å². The molecule has 0 aliphatic rings. The Labute approximate surface area is 317 Å². The lowest BCUT2D eigenvalue weighted by Crippen LogP contribution is -2.00. The summed E-state index contributed by atoms with van der Waals surface area (Å²) in [5.41, 5.74) is 8.69. The van der Waals surface area contributed by atoms with E-state index in [2.05, 4.69) is 174 Å². The maximum absolute atomic E-state index is 5.16. The molecule has 9 aromatic carbocycles. The van der Waals surface area contributed by atoms with Crippen LogP contribution in [-0.2, 0) is 0 Å². The van der Waals surface area contributed by atoms with Gasteiger partial charge in [-0.1, -0.05) is 170 Å². The Morgan fingerprint density at radius 1 is 0.291 bits per heavy atom. The SMILES string of the molecule is c1ccc(-c2ccc(-c3nc(-c4ccccc4)nc(-c4ccc5c(c4)c4ccccc4c4ccc6c7ccccc7n(-c7ccccc7)c6c45)n3)cc2)cc1. The summed E-state index contributed by atoms with van der Waals surface area (Å²) in [5.74, 6) is 1.92. The van der Waals surface area contributed by atoms with E-state index in [1.165, 1.54) is 54.3 Å². The summed E-state index contributed by atoms with van der Waals surface area (Å²) in [6, 6.07) is 68.6. The van der Waals surface area contributed by atoms with Crippen molar-refractivity contribution in [3.8, 4) is 51.0 Å². The van der Waals surface area contributed by atoms with Crippen molar-refractivity contribution in [1.29, 1.82) is 0 Å². The molecule has 11 rings (SSSR count). The van der Waals surface area contributed by atoms with E-state index in [0.29, 0.717) is 17.5 Å². The Morgan fingerprint density at radius 3 is 1.42 bits per heavy atom. The van der Waals surface area contributed by atoms with Crippen molar-refractivity contribution < 1.29 is 0 Å². The molecule has 2 heterocycles. The molecule has 55 heavy (non-hydrogen) atoms. The number of rotatable bonds is 5. The van der Waals surface area contributed by atoms with Crippen LogP contribution < -0.4 is 0 Å². The molecule has 0 amide bonds. The van der Waals surface area contributed by atoms with E-state index in [1.807, 2.05) is 24.3 Å². The molecule has 4 heteroatoms. The van der Waals surface area contributed by atoms with Crippen molar-refractivity contribution in [3.05, 3.63) is 194 Å². The van der Waals surface area contributed by atoms with Gasteiger partial charge < -0.3 is 4.57 Å². The molecule has 256 valence electrons. The molecule has 0 fully saturated rings. The number of benzene rings is 9. The summed E-state index contributed by atoms with van der Waals surface area (Å²) >= 11 is 0. The topological polar surface area (TPSA) is 43.6 Å². The van der Waals surface area contributed by atoms with Gasteiger partial charge in [-0.05, 0) is 62.3 Å². The van der Waals surface area contributed by atoms with Crippen LogP contribution in [0.2, 0.25) is 0 Å². The molecule has 0 N–H and O–H groups in total. The Kier molecular flexibility index (Phi) is 7.14. The van der Waals surface area contributed by atoms with E-state index in [-0.39, 0.29) is 0 Å². The highest BCUT2D eigenvalue weighted by atomic mass is 15.0. The van der Waals surface area contributed by atoms with Crippen LogP contribution in [0.3, 0.4) is 0 Å². The first kappa shape index (κ1) is 31.1. The quantitative estimate of drug-likeness (QED) is 0.168. The van der Waals surface area contributed by atoms with Crippen LogP contribution in [0.1, 0.15) is 0 Å². The second kappa shape index (κ2) is 12.6. The molecule has 0 radical (unpaired) electrons. The van der Waals surface area contributed by atoms with Crippen LogP contribution in [0.4, 0.5) is 0 Å². The first-order chi connectivity index (χ1) is 27.3. The van der Waals surface area contributed by atoms with Gasteiger partial charge in [-0.15, -0.1) is 0 Å². The van der Waals surface area contributed by atoms with Crippen molar-refractivity contribution >= 4 is 54.1 Å². The minimum Gasteiger partial charge on any atom is -0.309 e. The summed E-state index contributed by atoms with van der Waals surface area (Å²) in [4.78, 5) is 15.3. The molecule has 11 aromatic rings. The van der Waals surface area contributed by atoms with Gasteiger partial charge in [0, 0.05) is 38.5 Å². The summed E-state index contributed by atoms with van der Waals surface area (Å²) in [7, 11) is 0. The molecular formula is C51H32N4. The van der Waals surface area contributed by atoms with E-state index in [4.69, 9.17) is 15.0 Å². The van der Waals surface area contributed by atoms with Crippen molar-refractivity contribution in [1.82, 2.24) is 19.5 Å². The van der Waals surface area contributed by atoms with Gasteiger partial charge in [0.05, 0.1) is 11.0 Å². The van der Waals surface area contributed by atoms with E-state index in [1.54, 1.807) is 0 Å². The van der Waals surface area contributed by atoms with E-state index < -0.39 is 0 Å². The van der Waals surface area contributed by atoms with Crippen LogP contribution in [-0.4, -0.2) is 19.5 Å². The average Bonchev–Trinajstić information content (AvgIpc) is 3.61. The normalized spacial score (nSPS) is 11.6. The standard InChI is InChI=1S/C51H32N4/c1-4-14-33(15-5-1)34-24-26-36(27-25-34)50-52-49(35-16-6-2-7-17-35)53-51(54-50)37-28-29-43-45(32-37)40-21-11-10-20-39(40)42-30-31-44-41-22-12-13-23-46(41)55(48(44)47(42)43)38-18-8-3-9-19-38/h1-32H. The zero-order valence-electron chi connectivity index (χ0n) is 29.8. The lowest BCUT2D eigenvalue weighted by atomic mass is 9.91. The maximum Gasteiger partial charge on any atom is 0.164 e. The summed E-state index contributed by atoms with van der Waals surface area (Å²) in [6.45, 7) is 0. The highest BCUT2D eigenvalue weighted by molar-refractivity contribution is 6.33. The van der Waals surface area contributed by atoms with Crippen LogP contribution in [0.25, 0.3) is 105 Å². The van der Waals surface area contributed by atoms with Gasteiger partial charge in [-0.3, -0.25) is 0 Å². The highest BCUT2D eigenvalue weighted by Crippen LogP contribution is 2.44. The molecule has 0 unspecified atom stereocenters. The Morgan fingerprint density at radius 2 is 0.727 bits per heavy atom. The monoisotopic (exact) mass is 700 g/mol. The lowest BCUT2D eigenvalue weighted by Gasteiger charge is -2.15. The number of para-hydroxylation sites is 2. The fourth-order valence-electron chi connectivity index (χ4n) is 8.27. The maximum atomic E-state index is 5.16. The summed E-state index contributed by atoms with van der Waals surface area (Å²) < 4.78 is 2.43. The minimum absolute atomic E-state index is 0.638. The first-order valence-electron chi connectivity index (χ1n) is 18.6. The molecule has 0 saturated heterocycles. The molecule has 0 bridgehead atoms. The van der Waals surface area contributed by atoms with Crippen molar-refractivity contribution in [2.75, 3.05) is 0 Å². The summed E-state index contributed by atoms with van der Waals surface area (Å²) in [5, 5.41) is 9.71. The van der Waals surface area contributed by atoms with Gasteiger partial charge in [-0.2, -0.15) is 0 Å². The van der Waals surface area contributed by atoms with Gasteiger partial charge in [0.1, 0.15) is 0 Å². The largest absolute Gasteiger partial charge is 0.309 e. The van der Waals surface area contributed by atoms with E-state index >= 15 is 0 Å². The third-order valence-electron chi connectivity index (χ3n) is 10.8. The van der Waals surface area contributed by atoms with Crippen LogP contribution in [0.15, 0.2) is 194 Å².